The lowest BCUT2D eigenvalue weighted by Gasteiger charge is -2.15. The largest absolute Gasteiger partial charge is 0.449 e. The van der Waals surface area contributed by atoms with E-state index in [-0.39, 0.29) is 5.91 Å². The van der Waals surface area contributed by atoms with Crippen molar-refractivity contribution in [1.29, 1.82) is 0 Å². The first-order valence-corrected chi connectivity index (χ1v) is 8.34. The van der Waals surface area contributed by atoms with Crippen molar-refractivity contribution in [3.05, 3.63) is 16.0 Å². The summed E-state index contributed by atoms with van der Waals surface area (Å²) in [6, 6.07) is -1.02. The maximum absolute atomic E-state index is 12.5. The second-order valence-corrected chi connectivity index (χ2v) is 6.60. The number of carbonyl (C=O) groups is 4. The van der Waals surface area contributed by atoms with Gasteiger partial charge >= 0.3 is 12.0 Å². The first-order chi connectivity index (χ1) is 11.3. The van der Waals surface area contributed by atoms with Gasteiger partial charge in [0.1, 0.15) is 5.00 Å². The molecule has 2 rings (SSSR count). The molecule has 130 valence electrons. The molecule has 0 aliphatic heterocycles. The maximum atomic E-state index is 12.5. The van der Waals surface area contributed by atoms with Gasteiger partial charge in [0.05, 0.1) is 5.56 Å². The highest BCUT2D eigenvalue weighted by Crippen LogP contribution is 2.38. The van der Waals surface area contributed by atoms with Crippen LogP contribution in [0.15, 0.2) is 0 Å². The monoisotopic (exact) mass is 353 g/mol. The topological polar surface area (TPSA) is 128 Å². The Morgan fingerprint density at radius 3 is 2.50 bits per heavy atom. The average Bonchev–Trinajstić information content (AvgIpc) is 2.83. The van der Waals surface area contributed by atoms with Gasteiger partial charge in [-0.3, -0.25) is 14.9 Å². The Hall–Kier alpha value is -2.42. The van der Waals surface area contributed by atoms with Crippen LogP contribution in [-0.4, -0.2) is 29.9 Å². The summed E-state index contributed by atoms with van der Waals surface area (Å²) in [5.41, 5.74) is 6.03. The van der Waals surface area contributed by atoms with E-state index in [0.29, 0.717) is 10.6 Å². The molecule has 8 nitrogen and oxygen atoms in total. The molecule has 0 bridgehead atoms. The lowest BCUT2D eigenvalue weighted by atomic mass is 9.95. The molecule has 1 aliphatic rings. The number of carbonyl (C=O) groups excluding carboxylic acids is 4. The highest BCUT2D eigenvalue weighted by molar-refractivity contribution is 7.17. The van der Waals surface area contributed by atoms with E-state index in [0.717, 1.165) is 36.1 Å². The number of aryl methyl sites for hydroxylation is 1. The van der Waals surface area contributed by atoms with Gasteiger partial charge in [-0.1, -0.05) is 0 Å². The summed E-state index contributed by atoms with van der Waals surface area (Å²) in [6.45, 7) is 2.70. The summed E-state index contributed by atoms with van der Waals surface area (Å²) in [6.07, 6.45) is 2.35. The minimum absolute atomic E-state index is 0.290. The molecule has 4 N–H and O–H groups in total. The number of urea groups is 1. The van der Waals surface area contributed by atoms with Crippen LogP contribution in [0.2, 0.25) is 0 Å². The van der Waals surface area contributed by atoms with E-state index in [1.807, 2.05) is 5.32 Å². The Bertz CT molecular complexity index is 698. The van der Waals surface area contributed by atoms with E-state index in [2.05, 4.69) is 5.32 Å². The van der Waals surface area contributed by atoms with Crippen LogP contribution in [0.4, 0.5) is 9.80 Å². The molecule has 1 atom stereocenters. The molecular weight excluding hydrogens is 334 g/mol. The molecule has 0 aromatic carbocycles. The van der Waals surface area contributed by atoms with Gasteiger partial charge in [-0.25, -0.2) is 9.59 Å². The zero-order chi connectivity index (χ0) is 17.9. The van der Waals surface area contributed by atoms with Crippen molar-refractivity contribution in [2.45, 2.75) is 45.6 Å². The van der Waals surface area contributed by atoms with Gasteiger partial charge in [0.2, 0.25) is 5.91 Å². The number of primary amides is 1. The van der Waals surface area contributed by atoms with Gasteiger partial charge in [0, 0.05) is 11.8 Å². The van der Waals surface area contributed by atoms with Crippen molar-refractivity contribution in [2.24, 2.45) is 5.73 Å². The number of imide groups is 1. The minimum Gasteiger partial charge on any atom is -0.449 e. The number of ether oxygens (including phenoxy) is 1. The Morgan fingerprint density at radius 2 is 1.88 bits per heavy atom. The maximum Gasteiger partial charge on any atom is 0.342 e. The van der Waals surface area contributed by atoms with Crippen molar-refractivity contribution >= 4 is 40.2 Å². The minimum atomic E-state index is -1.19. The summed E-state index contributed by atoms with van der Waals surface area (Å²) in [5.74, 6) is -1.80. The van der Waals surface area contributed by atoms with E-state index in [1.165, 1.54) is 25.2 Å². The van der Waals surface area contributed by atoms with E-state index in [4.69, 9.17) is 10.5 Å². The van der Waals surface area contributed by atoms with E-state index in [9.17, 15) is 19.2 Å². The van der Waals surface area contributed by atoms with Crippen LogP contribution in [0.5, 0.6) is 0 Å². The number of esters is 1. The number of anilines is 1. The van der Waals surface area contributed by atoms with Crippen molar-refractivity contribution < 1.29 is 23.9 Å². The Morgan fingerprint density at radius 1 is 1.21 bits per heavy atom. The smallest absolute Gasteiger partial charge is 0.342 e. The number of thiophene rings is 1. The fraction of sp³-hybridized carbons (Fsp3) is 0.467. The second kappa shape index (κ2) is 7.43. The number of rotatable bonds is 4. The number of nitrogens with two attached hydrogens (primary N) is 1. The van der Waals surface area contributed by atoms with Crippen LogP contribution >= 0.6 is 11.3 Å². The van der Waals surface area contributed by atoms with Crippen molar-refractivity contribution in [1.82, 2.24) is 5.32 Å². The second-order valence-electron chi connectivity index (χ2n) is 5.50. The number of amides is 4. The van der Waals surface area contributed by atoms with Crippen molar-refractivity contribution in [3.63, 3.8) is 0 Å². The van der Waals surface area contributed by atoms with E-state index >= 15 is 0 Å². The normalized spacial score (nSPS) is 14.2. The highest BCUT2D eigenvalue weighted by Gasteiger charge is 2.29. The summed E-state index contributed by atoms with van der Waals surface area (Å²) in [5, 5.41) is 4.94. The summed E-state index contributed by atoms with van der Waals surface area (Å²) in [7, 11) is 0. The standard InChI is InChI=1S/C15H19N3O5S/c1-7(12(20)18-15(16)22)23-14(21)11-9-5-3-4-6-10(9)24-13(11)17-8(2)19/h7H,3-6H2,1-2H3,(H,17,19)(H3,16,18,20,22)/t7-/m0/s1. The fourth-order valence-electron chi connectivity index (χ4n) is 2.53. The first-order valence-electron chi connectivity index (χ1n) is 7.53. The van der Waals surface area contributed by atoms with Gasteiger partial charge in [-0.2, -0.15) is 0 Å². The SMILES string of the molecule is CC(=O)Nc1sc2c(c1C(=O)O[C@@H](C)C(=O)NC(N)=O)CCCC2. The zero-order valence-corrected chi connectivity index (χ0v) is 14.2. The van der Waals surface area contributed by atoms with Gasteiger partial charge in [-0.05, 0) is 38.2 Å². The molecule has 0 unspecified atom stereocenters. The molecule has 0 fully saturated rings. The Kier molecular flexibility index (Phi) is 5.55. The predicted molar refractivity (Wildman–Crippen MR) is 87.9 cm³/mol. The Labute approximate surface area is 142 Å². The van der Waals surface area contributed by atoms with Crippen LogP contribution in [-0.2, 0) is 27.2 Å². The highest BCUT2D eigenvalue weighted by atomic mass is 32.1. The molecule has 0 saturated heterocycles. The Balaban J connectivity index is 2.24. The molecule has 0 saturated carbocycles. The number of hydrogen-bond acceptors (Lipinski definition) is 6. The molecule has 1 heterocycles. The summed E-state index contributed by atoms with van der Waals surface area (Å²) < 4.78 is 5.14. The third-order valence-corrected chi connectivity index (χ3v) is 4.77. The quantitative estimate of drug-likeness (QED) is 0.704. The summed E-state index contributed by atoms with van der Waals surface area (Å²) >= 11 is 1.36. The number of nitrogens with one attached hydrogen (secondary N) is 2. The van der Waals surface area contributed by atoms with E-state index in [1.54, 1.807) is 0 Å². The van der Waals surface area contributed by atoms with Gasteiger partial charge in [0.15, 0.2) is 6.10 Å². The molecule has 1 aromatic rings. The lowest BCUT2D eigenvalue weighted by molar-refractivity contribution is -0.127. The number of hydrogen-bond donors (Lipinski definition) is 3. The molecule has 1 aliphatic carbocycles. The van der Waals surface area contributed by atoms with Crippen LogP contribution in [0.25, 0.3) is 0 Å². The van der Waals surface area contributed by atoms with Gasteiger partial charge in [-0.15, -0.1) is 11.3 Å². The third-order valence-electron chi connectivity index (χ3n) is 3.56. The summed E-state index contributed by atoms with van der Waals surface area (Å²) in [4.78, 5) is 47.3. The average molecular weight is 353 g/mol. The van der Waals surface area contributed by atoms with Gasteiger partial charge < -0.3 is 15.8 Å². The fourth-order valence-corrected chi connectivity index (χ4v) is 3.85. The third kappa shape index (κ3) is 4.10. The molecule has 9 heteroatoms. The number of fused-ring (bicyclic) bond motifs is 1. The lowest BCUT2D eigenvalue weighted by Crippen LogP contribution is -2.42. The van der Waals surface area contributed by atoms with Crippen molar-refractivity contribution in [3.8, 4) is 0 Å². The zero-order valence-electron chi connectivity index (χ0n) is 13.4. The predicted octanol–water partition coefficient (Wildman–Crippen LogP) is 1.33. The van der Waals surface area contributed by atoms with Crippen LogP contribution in [0, 0.1) is 0 Å². The van der Waals surface area contributed by atoms with Crippen molar-refractivity contribution in [2.75, 3.05) is 5.32 Å². The first kappa shape index (κ1) is 17.9. The van der Waals surface area contributed by atoms with Crippen LogP contribution < -0.4 is 16.4 Å². The molecule has 24 heavy (non-hydrogen) atoms. The van der Waals surface area contributed by atoms with Crippen LogP contribution in [0.1, 0.15) is 47.5 Å². The van der Waals surface area contributed by atoms with Crippen LogP contribution in [0.3, 0.4) is 0 Å². The molecule has 1 aromatic heterocycles. The molecule has 4 amide bonds. The van der Waals surface area contributed by atoms with E-state index < -0.39 is 24.0 Å². The van der Waals surface area contributed by atoms with Gasteiger partial charge in [0.25, 0.3) is 5.91 Å². The molecular formula is C15H19N3O5S. The molecule has 0 spiro atoms. The molecule has 0 radical (unpaired) electrons.